The van der Waals surface area contributed by atoms with Gasteiger partial charge in [0.2, 0.25) is 10.0 Å². The van der Waals surface area contributed by atoms with Crippen molar-refractivity contribution in [2.45, 2.75) is 24.8 Å². The second-order valence-electron chi connectivity index (χ2n) is 7.48. The molecule has 1 aliphatic heterocycles. The number of benzene rings is 2. The van der Waals surface area contributed by atoms with Crippen LogP contribution in [-0.2, 0) is 27.7 Å². The summed E-state index contributed by atoms with van der Waals surface area (Å²) in [7, 11) is -3.73. The minimum Gasteiger partial charge on any atom is -0.379 e. The van der Waals surface area contributed by atoms with Crippen molar-refractivity contribution in [2.75, 3.05) is 32.8 Å². The largest absolute Gasteiger partial charge is 0.379 e. The van der Waals surface area contributed by atoms with Crippen molar-refractivity contribution < 1.29 is 17.9 Å². The molecule has 0 aliphatic carbocycles. The van der Waals surface area contributed by atoms with E-state index in [9.17, 15) is 13.2 Å². The molecule has 2 aromatic rings. The van der Waals surface area contributed by atoms with Gasteiger partial charge in [0, 0.05) is 31.7 Å². The fraction of sp³-hybridized carbons (Fsp3) is 0.333. The Morgan fingerprint density at radius 1 is 1.22 bits per heavy atom. The van der Waals surface area contributed by atoms with Gasteiger partial charge in [0.05, 0.1) is 29.7 Å². The van der Waals surface area contributed by atoms with E-state index in [0.717, 1.165) is 5.56 Å². The Balaban J connectivity index is 1.92. The highest BCUT2D eigenvalue weighted by Crippen LogP contribution is 2.24. The number of nitriles is 1. The van der Waals surface area contributed by atoms with Gasteiger partial charge in [-0.2, -0.15) is 9.57 Å². The molecule has 0 bridgehead atoms. The van der Waals surface area contributed by atoms with E-state index >= 15 is 0 Å². The standard InChI is InChI=1S/C24H27N3O4S/c1-3-11-26(18-20-7-5-19(17-25)6-8-20)24(28)22-10-9-21(4-2)23(16-22)32(29,30)27-12-14-31-15-13-27/h3,5-10,16H,1,4,11-15,18H2,2H3. The molecule has 32 heavy (non-hydrogen) atoms. The molecule has 1 amide bonds. The minimum atomic E-state index is -3.73. The van der Waals surface area contributed by atoms with Crippen LogP contribution in [0.5, 0.6) is 0 Å². The number of aryl methyl sites for hydroxylation is 1. The number of sulfonamides is 1. The van der Waals surface area contributed by atoms with Crippen LogP contribution in [0.25, 0.3) is 0 Å². The van der Waals surface area contributed by atoms with E-state index in [1.54, 1.807) is 47.4 Å². The Labute approximate surface area is 189 Å². The van der Waals surface area contributed by atoms with Gasteiger partial charge in [-0.05, 0) is 41.8 Å². The Hall–Kier alpha value is -2.99. The molecule has 2 aromatic carbocycles. The monoisotopic (exact) mass is 453 g/mol. The van der Waals surface area contributed by atoms with Gasteiger partial charge in [-0.25, -0.2) is 8.42 Å². The van der Waals surface area contributed by atoms with Crippen molar-refractivity contribution in [1.29, 1.82) is 5.26 Å². The zero-order valence-corrected chi connectivity index (χ0v) is 19.0. The fourth-order valence-corrected chi connectivity index (χ4v) is 5.34. The van der Waals surface area contributed by atoms with Gasteiger partial charge >= 0.3 is 0 Å². The van der Waals surface area contributed by atoms with Gasteiger partial charge in [0.25, 0.3) is 5.91 Å². The predicted octanol–water partition coefficient (Wildman–Crippen LogP) is 2.97. The molecule has 3 rings (SSSR count). The summed E-state index contributed by atoms with van der Waals surface area (Å²) >= 11 is 0. The van der Waals surface area contributed by atoms with Gasteiger partial charge < -0.3 is 9.64 Å². The molecule has 0 spiro atoms. The van der Waals surface area contributed by atoms with E-state index in [4.69, 9.17) is 10.00 Å². The lowest BCUT2D eigenvalue weighted by Crippen LogP contribution is -2.41. The summed E-state index contributed by atoms with van der Waals surface area (Å²) in [5.41, 5.74) is 2.40. The topological polar surface area (TPSA) is 90.7 Å². The molecular formula is C24H27N3O4S. The third-order valence-corrected chi connectivity index (χ3v) is 7.36. The molecule has 7 nitrogen and oxygen atoms in total. The molecule has 0 saturated carbocycles. The van der Waals surface area contributed by atoms with Crippen LogP contribution in [-0.4, -0.2) is 56.4 Å². The van der Waals surface area contributed by atoms with E-state index in [-0.39, 0.29) is 10.8 Å². The summed E-state index contributed by atoms with van der Waals surface area (Å²) in [5, 5.41) is 8.97. The Kier molecular flexibility index (Phi) is 7.80. The first kappa shape index (κ1) is 23.7. The Morgan fingerprint density at radius 3 is 2.50 bits per heavy atom. The van der Waals surface area contributed by atoms with Crippen LogP contribution in [0.3, 0.4) is 0 Å². The lowest BCUT2D eigenvalue weighted by Gasteiger charge is -2.27. The summed E-state index contributed by atoms with van der Waals surface area (Å²) in [6.07, 6.45) is 2.17. The number of rotatable bonds is 8. The van der Waals surface area contributed by atoms with Crippen LogP contribution < -0.4 is 0 Å². The van der Waals surface area contributed by atoms with E-state index in [0.29, 0.717) is 62.5 Å². The number of carbonyl (C=O) groups excluding carboxylic acids is 1. The first-order valence-corrected chi connectivity index (χ1v) is 11.9. The highest BCUT2D eigenvalue weighted by Gasteiger charge is 2.29. The highest BCUT2D eigenvalue weighted by molar-refractivity contribution is 7.89. The maximum atomic E-state index is 13.3. The normalized spacial score (nSPS) is 14.5. The second kappa shape index (κ2) is 10.6. The molecule has 0 N–H and O–H groups in total. The molecule has 168 valence electrons. The SMILES string of the molecule is C=CCN(Cc1ccc(C#N)cc1)C(=O)c1ccc(CC)c(S(=O)(=O)N2CCOCC2)c1. The zero-order chi connectivity index (χ0) is 23.1. The van der Waals surface area contributed by atoms with Gasteiger partial charge in [-0.1, -0.05) is 31.2 Å². The number of nitrogens with zero attached hydrogens (tertiary/aromatic N) is 3. The molecule has 1 fully saturated rings. The van der Waals surface area contributed by atoms with Gasteiger partial charge in [0.1, 0.15) is 0 Å². The second-order valence-corrected chi connectivity index (χ2v) is 9.38. The lowest BCUT2D eigenvalue weighted by atomic mass is 10.1. The van der Waals surface area contributed by atoms with Crippen molar-refractivity contribution in [1.82, 2.24) is 9.21 Å². The smallest absolute Gasteiger partial charge is 0.254 e. The van der Waals surface area contributed by atoms with Gasteiger partial charge in [0.15, 0.2) is 0 Å². The summed E-state index contributed by atoms with van der Waals surface area (Å²) in [6, 6.07) is 14.0. The summed E-state index contributed by atoms with van der Waals surface area (Å²) < 4.78 is 33.3. The summed E-state index contributed by atoms with van der Waals surface area (Å²) in [5.74, 6) is -0.282. The van der Waals surface area contributed by atoms with Crippen LogP contribution in [0.1, 0.15) is 34.0 Å². The maximum Gasteiger partial charge on any atom is 0.254 e. The number of hydrogen-bond acceptors (Lipinski definition) is 5. The lowest BCUT2D eigenvalue weighted by molar-refractivity contribution is 0.0729. The number of amides is 1. The van der Waals surface area contributed by atoms with E-state index < -0.39 is 10.0 Å². The third-order valence-electron chi connectivity index (χ3n) is 5.38. The number of hydrogen-bond donors (Lipinski definition) is 0. The highest BCUT2D eigenvalue weighted by atomic mass is 32.2. The molecule has 0 atom stereocenters. The van der Waals surface area contributed by atoms with Crippen molar-refractivity contribution in [3.8, 4) is 6.07 Å². The fourth-order valence-electron chi connectivity index (χ4n) is 3.61. The minimum absolute atomic E-state index is 0.171. The van der Waals surface area contributed by atoms with Crippen molar-refractivity contribution in [3.63, 3.8) is 0 Å². The summed E-state index contributed by atoms with van der Waals surface area (Å²) in [4.78, 5) is 15.1. The van der Waals surface area contributed by atoms with Gasteiger partial charge in [-0.3, -0.25) is 4.79 Å². The van der Waals surface area contributed by atoms with Crippen LogP contribution in [0.2, 0.25) is 0 Å². The Bertz CT molecular complexity index is 1110. The molecule has 1 heterocycles. The molecular weight excluding hydrogens is 426 g/mol. The van der Waals surface area contributed by atoms with Crippen LogP contribution >= 0.6 is 0 Å². The molecule has 0 radical (unpaired) electrons. The summed E-state index contributed by atoms with van der Waals surface area (Å²) in [6.45, 7) is 7.56. The first-order chi connectivity index (χ1) is 15.4. The number of carbonyl (C=O) groups is 1. The first-order valence-electron chi connectivity index (χ1n) is 10.5. The third kappa shape index (κ3) is 5.25. The molecule has 1 aliphatic rings. The van der Waals surface area contributed by atoms with Crippen molar-refractivity contribution in [2.24, 2.45) is 0 Å². The molecule has 8 heteroatoms. The van der Waals surface area contributed by atoms with Crippen LogP contribution in [0.15, 0.2) is 60.0 Å². The van der Waals surface area contributed by atoms with Crippen LogP contribution in [0, 0.1) is 11.3 Å². The van der Waals surface area contributed by atoms with E-state index in [1.807, 2.05) is 6.92 Å². The van der Waals surface area contributed by atoms with Gasteiger partial charge in [-0.15, -0.1) is 6.58 Å². The average molecular weight is 454 g/mol. The van der Waals surface area contributed by atoms with Crippen molar-refractivity contribution in [3.05, 3.63) is 77.4 Å². The quantitative estimate of drug-likeness (QED) is 0.573. The Morgan fingerprint density at radius 2 is 1.91 bits per heavy atom. The molecule has 0 unspecified atom stereocenters. The number of morpholine rings is 1. The zero-order valence-electron chi connectivity index (χ0n) is 18.2. The maximum absolute atomic E-state index is 13.3. The number of ether oxygens (including phenoxy) is 1. The molecule has 1 saturated heterocycles. The molecule has 0 aromatic heterocycles. The van der Waals surface area contributed by atoms with Crippen LogP contribution in [0.4, 0.5) is 0 Å². The van der Waals surface area contributed by atoms with Crippen molar-refractivity contribution >= 4 is 15.9 Å². The predicted molar refractivity (Wildman–Crippen MR) is 121 cm³/mol. The van der Waals surface area contributed by atoms with E-state index in [1.165, 1.54) is 10.4 Å². The average Bonchev–Trinajstić information content (AvgIpc) is 2.84. The van der Waals surface area contributed by atoms with E-state index in [2.05, 4.69) is 12.6 Å².